The van der Waals surface area contributed by atoms with Crippen LogP contribution in [0.2, 0.25) is 0 Å². The van der Waals surface area contributed by atoms with Crippen molar-refractivity contribution in [3.05, 3.63) is 35.6 Å². The minimum Gasteiger partial charge on any atom is -0.481 e. The maximum absolute atomic E-state index is 11.2. The molecule has 1 aromatic heterocycles. The van der Waals surface area contributed by atoms with Crippen molar-refractivity contribution in [3.63, 3.8) is 0 Å². The monoisotopic (exact) mass is 303 g/mol. The van der Waals surface area contributed by atoms with Crippen LogP contribution in [0.15, 0.2) is 28.7 Å². The van der Waals surface area contributed by atoms with Gasteiger partial charge in [0.05, 0.1) is 12.0 Å². The molecule has 0 bridgehead atoms. The Labute approximate surface area is 129 Å². The lowest BCUT2D eigenvalue weighted by Gasteiger charge is -2.34. The summed E-state index contributed by atoms with van der Waals surface area (Å²) in [4.78, 5) is 13.3. The Morgan fingerprint density at radius 3 is 2.91 bits per heavy atom. The second-order valence-corrected chi connectivity index (χ2v) is 5.89. The van der Waals surface area contributed by atoms with Crippen LogP contribution in [-0.4, -0.2) is 40.3 Å². The number of rotatable bonds is 4. The first-order valence-corrected chi connectivity index (χ1v) is 7.72. The zero-order valence-electron chi connectivity index (χ0n) is 12.7. The summed E-state index contributed by atoms with van der Waals surface area (Å²) < 4.78 is 5.89. The molecule has 2 N–H and O–H groups in total. The van der Waals surface area contributed by atoms with Gasteiger partial charge in [0, 0.05) is 37.0 Å². The van der Waals surface area contributed by atoms with Crippen molar-refractivity contribution in [3.8, 4) is 0 Å². The first kappa shape index (κ1) is 15.1. The molecule has 1 fully saturated rings. The molecular weight excluding hydrogens is 282 g/mol. The number of piperidine rings is 1. The molecule has 0 amide bonds. The number of carboxylic acids is 1. The largest absolute Gasteiger partial charge is 0.481 e. The summed E-state index contributed by atoms with van der Waals surface area (Å²) in [5, 5.41) is 20.1. The van der Waals surface area contributed by atoms with E-state index in [0.717, 1.165) is 28.7 Å². The fraction of sp³-hybridized carbons (Fsp3) is 0.471. The number of aryl methyl sites for hydroxylation is 1. The quantitative estimate of drug-likeness (QED) is 0.906. The fourth-order valence-electron chi connectivity index (χ4n) is 3.23. The van der Waals surface area contributed by atoms with Crippen LogP contribution >= 0.6 is 0 Å². The van der Waals surface area contributed by atoms with Crippen molar-refractivity contribution in [2.75, 3.05) is 13.1 Å². The van der Waals surface area contributed by atoms with Gasteiger partial charge in [0.25, 0.3) is 0 Å². The van der Waals surface area contributed by atoms with E-state index in [4.69, 9.17) is 4.42 Å². The lowest BCUT2D eigenvalue weighted by atomic mass is 9.94. The standard InChI is InChI=1S/C17H21NO4/c1-2-15-12(11-5-3-4-6-16(11)22-15)9-18-8-7-14(19)13(10-18)17(20)21/h3-6,13-14,19H,2,7-10H2,1H3,(H,20,21)/t13-,14+/m1/s1. The van der Waals surface area contributed by atoms with Gasteiger partial charge in [-0.3, -0.25) is 9.69 Å². The molecule has 0 radical (unpaired) electrons. The molecule has 1 aliphatic heterocycles. The number of likely N-dealkylation sites (tertiary alicyclic amines) is 1. The average Bonchev–Trinajstić information content (AvgIpc) is 2.87. The van der Waals surface area contributed by atoms with E-state index in [1.54, 1.807) is 0 Å². The minimum absolute atomic E-state index is 0.374. The number of aliphatic carboxylic acids is 1. The number of hydrogen-bond acceptors (Lipinski definition) is 4. The second-order valence-electron chi connectivity index (χ2n) is 5.89. The number of carbonyl (C=O) groups is 1. The summed E-state index contributed by atoms with van der Waals surface area (Å²) >= 11 is 0. The van der Waals surface area contributed by atoms with Gasteiger partial charge in [-0.05, 0) is 12.5 Å². The highest BCUT2D eigenvalue weighted by Gasteiger charge is 2.33. The molecule has 0 saturated carbocycles. The highest BCUT2D eigenvalue weighted by molar-refractivity contribution is 5.82. The fourth-order valence-corrected chi connectivity index (χ4v) is 3.23. The summed E-state index contributed by atoms with van der Waals surface area (Å²) in [5.74, 6) is -0.679. The normalized spacial score (nSPS) is 23.0. The van der Waals surface area contributed by atoms with Gasteiger partial charge in [0.1, 0.15) is 11.3 Å². The van der Waals surface area contributed by atoms with E-state index >= 15 is 0 Å². The van der Waals surface area contributed by atoms with E-state index in [1.807, 2.05) is 24.3 Å². The Morgan fingerprint density at radius 1 is 1.41 bits per heavy atom. The molecule has 0 aliphatic carbocycles. The first-order valence-electron chi connectivity index (χ1n) is 7.72. The number of para-hydroxylation sites is 1. The topological polar surface area (TPSA) is 73.9 Å². The molecular formula is C17H21NO4. The molecule has 22 heavy (non-hydrogen) atoms. The molecule has 2 atom stereocenters. The van der Waals surface area contributed by atoms with Crippen LogP contribution in [0, 0.1) is 5.92 Å². The third-order valence-electron chi connectivity index (χ3n) is 4.46. The second kappa shape index (κ2) is 6.10. The molecule has 0 spiro atoms. The van der Waals surface area contributed by atoms with Crippen molar-refractivity contribution in [1.29, 1.82) is 0 Å². The predicted octanol–water partition coefficient (Wildman–Crippen LogP) is 2.26. The Kier molecular flexibility index (Phi) is 4.18. The van der Waals surface area contributed by atoms with Crippen LogP contribution in [0.3, 0.4) is 0 Å². The minimum atomic E-state index is -0.926. The summed E-state index contributed by atoms with van der Waals surface area (Å²) in [5.41, 5.74) is 2.01. The van der Waals surface area contributed by atoms with Gasteiger partial charge in [-0.15, -0.1) is 0 Å². The van der Waals surface area contributed by atoms with Gasteiger partial charge in [-0.2, -0.15) is 0 Å². The number of furan rings is 1. The van der Waals surface area contributed by atoms with Crippen LogP contribution in [-0.2, 0) is 17.8 Å². The Balaban J connectivity index is 1.85. The maximum Gasteiger partial charge on any atom is 0.310 e. The van der Waals surface area contributed by atoms with Gasteiger partial charge >= 0.3 is 5.97 Å². The van der Waals surface area contributed by atoms with E-state index in [-0.39, 0.29) is 0 Å². The van der Waals surface area contributed by atoms with Crippen LogP contribution in [0.1, 0.15) is 24.7 Å². The molecule has 5 heteroatoms. The third kappa shape index (κ3) is 2.74. The summed E-state index contributed by atoms with van der Waals surface area (Å²) in [6.45, 7) is 3.80. The number of nitrogens with zero attached hydrogens (tertiary/aromatic N) is 1. The number of aliphatic hydroxyl groups excluding tert-OH is 1. The Morgan fingerprint density at radius 2 is 2.18 bits per heavy atom. The lowest BCUT2D eigenvalue weighted by molar-refractivity contribution is -0.149. The molecule has 1 aromatic carbocycles. The van der Waals surface area contributed by atoms with Crippen molar-refractivity contribution in [2.45, 2.75) is 32.4 Å². The van der Waals surface area contributed by atoms with E-state index in [2.05, 4.69) is 11.8 Å². The highest BCUT2D eigenvalue weighted by Crippen LogP contribution is 2.29. The van der Waals surface area contributed by atoms with Crippen molar-refractivity contribution in [1.82, 2.24) is 4.90 Å². The number of carboxylic acid groups (broad SMARTS) is 1. The van der Waals surface area contributed by atoms with E-state index in [1.165, 1.54) is 0 Å². The van der Waals surface area contributed by atoms with E-state index < -0.39 is 18.0 Å². The number of benzene rings is 1. The Bertz CT molecular complexity index is 678. The number of aliphatic hydroxyl groups is 1. The van der Waals surface area contributed by atoms with E-state index in [9.17, 15) is 15.0 Å². The van der Waals surface area contributed by atoms with Gasteiger partial charge in [-0.25, -0.2) is 0 Å². The highest BCUT2D eigenvalue weighted by atomic mass is 16.4. The SMILES string of the molecule is CCc1oc2ccccc2c1CN1CC[C@H](O)[C@H](C(=O)O)C1. The van der Waals surface area contributed by atoms with Crippen molar-refractivity contribution in [2.24, 2.45) is 5.92 Å². The van der Waals surface area contributed by atoms with Gasteiger partial charge < -0.3 is 14.6 Å². The summed E-state index contributed by atoms with van der Waals surface area (Å²) in [6, 6.07) is 7.94. The molecule has 1 aliphatic rings. The average molecular weight is 303 g/mol. The predicted molar refractivity (Wildman–Crippen MR) is 82.6 cm³/mol. The van der Waals surface area contributed by atoms with Crippen molar-refractivity contribution < 1.29 is 19.4 Å². The smallest absolute Gasteiger partial charge is 0.310 e. The first-order chi connectivity index (χ1) is 10.6. The lowest BCUT2D eigenvalue weighted by Crippen LogP contribution is -2.46. The van der Waals surface area contributed by atoms with E-state index in [0.29, 0.717) is 26.1 Å². The van der Waals surface area contributed by atoms with Crippen LogP contribution in [0.25, 0.3) is 11.0 Å². The zero-order chi connectivity index (χ0) is 15.7. The van der Waals surface area contributed by atoms with Crippen LogP contribution in [0.4, 0.5) is 0 Å². The van der Waals surface area contributed by atoms with Gasteiger partial charge in [-0.1, -0.05) is 25.1 Å². The molecule has 1 saturated heterocycles. The molecule has 5 nitrogen and oxygen atoms in total. The van der Waals surface area contributed by atoms with Gasteiger partial charge in [0.15, 0.2) is 0 Å². The number of hydrogen-bond donors (Lipinski definition) is 2. The molecule has 3 rings (SSSR count). The third-order valence-corrected chi connectivity index (χ3v) is 4.46. The number of fused-ring (bicyclic) bond motifs is 1. The molecule has 118 valence electrons. The molecule has 0 unspecified atom stereocenters. The molecule has 2 heterocycles. The summed E-state index contributed by atoms with van der Waals surface area (Å²) in [6.07, 6.45) is 0.553. The van der Waals surface area contributed by atoms with Crippen LogP contribution < -0.4 is 0 Å². The molecule has 2 aromatic rings. The maximum atomic E-state index is 11.2. The van der Waals surface area contributed by atoms with Crippen LogP contribution in [0.5, 0.6) is 0 Å². The zero-order valence-corrected chi connectivity index (χ0v) is 12.7. The summed E-state index contributed by atoms with van der Waals surface area (Å²) in [7, 11) is 0. The Hall–Kier alpha value is -1.85. The van der Waals surface area contributed by atoms with Gasteiger partial charge in [0.2, 0.25) is 0 Å². The van der Waals surface area contributed by atoms with Crippen molar-refractivity contribution >= 4 is 16.9 Å².